The highest BCUT2D eigenvalue weighted by Gasteiger charge is 2.38. The van der Waals surface area contributed by atoms with Crippen LogP contribution in [0, 0.1) is 5.92 Å². The van der Waals surface area contributed by atoms with Crippen LogP contribution < -0.4 is 10.2 Å². The highest BCUT2D eigenvalue weighted by molar-refractivity contribution is 6.31. The average Bonchev–Trinajstić information content (AvgIpc) is 2.61. The number of carboxylic acids is 1. The first-order valence-electron chi connectivity index (χ1n) is 9.13. The zero-order valence-electron chi connectivity index (χ0n) is 15.5. The molecule has 2 aliphatic heterocycles. The number of Topliss-reactive ketones (excluding diaryl/α,β-unsaturated/α-hetero) is 1. The molecule has 1 fully saturated rings. The summed E-state index contributed by atoms with van der Waals surface area (Å²) >= 11 is 0. The van der Waals surface area contributed by atoms with Crippen LogP contribution in [0.5, 0.6) is 0 Å². The quantitative estimate of drug-likeness (QED) is 0.800. The normalized spacial score (nSPS) is 22.5. The van der Waals surface area contributed by atoms with Gasteiger partial charge in [-0.2, -0.15) is 0 Å². The summed E-state index contributed by atoms with van der Waals surface area (Å²) in [5.74, 6) is -2.61. The van der Waals surface area contributed by atoms with E-state index in [-0.39, 0.29) is 5.84 Å². The predicted octanol–water partition coefficient (Wildman–Crippen LogP) is 1.94. The first-order valence-corrected chi connectivity index (χ1v) is 9.13. The van der Waals surface area contributed by atoms with E-state index in [1.165, 1.54) is 0 Å². The summed E-state index contributed by atoms with van der Waals surface area (Å²) < 4.78 is 0. The molecular formula is C19H26N4O3. The third kappa shape index (κ3) is 3.44. The lowest BCUT2D eigenvalue weighted by atomic mass is 9.91. The van der Waals surface area contributed by atoms with E-state index in [2.05, 4.69) is 34.0 Å². The van der Waals surface area contributed by atoms with E-state index in [0.717, 1.165) is 31.9 Å². The third-order valence-electron chi connectivity index (χ3n) is 5.05. The highest BCUT2D eigenvalue weighted by Crippen LogP contribution is 2.31. The fourth-order valence-electron chi connectivity index (χ4n) is 3.56. The maximum Gasteiger partial charge on any atom is 0.322 e. The van der Waals surface area contributed by atoms with Crippen LogP contribution in [0.1, 0.15) is 31.1 Å². The second-order valence-corrected chi connectivity index (χ2v) is 6.97. The number of nitrogens with zero attached hydrogens (tertiary/aromatic N) is 3. The minimum Gasteiger partial charge on any atom is -0.480 e. The van der Waals surface area contributed by atoms with Gasteiger partial charge in [0.2, 0.25) is 0 Å². The predicted molar refractivity (Wildman–Crippen MR) is 102 cm³/mol. The molecule has 140 valence electrons. The van der Waals surface area contributed by atoms with E-state index in [1.54, 1.807) is 6.07 Å². The van der Waals surface area contributed by atoms with Crippen molar-refractivity contribution in [3.63, 3.8) is 0 Å². The number of carbonyl (C=O) groups excluding carboxylic acids is 1. The van der Waals surface area contributed by atoms with Crippen molar-refractivity contribution in [2.24, 2.45) is 10.9 Å². The largest absolute Gasteiger partial charge is 0.480 e. The second kappa shape index (κ2) is 7.45. The molecule has 2 aliphatic rings. The molecule has 0 amide bonds. The van der Waals surface area contributed by atoms with Gasteiger partial charge in [0.05, 0.1) is 5.69 Å². The highest BCUT2D eigenvalue weighted by atomic mass is 16.4. The number of amidine groups is 1. The van der Waals surface area contributed by atoms with Crippen molar-refractivity contribution in [1.82, 2.24) is 4.90 Å². The lowest BCUT2D eigenvalue weighted by Gasteiger charge is -2.38. The fourth-order valence-corrected chi connectivity index (χ4v) is 3.56. The molecule has 0 radical (unpaired) electrons. The zero-order valence-corrected chi connectivity index (χ0v) is 15.5. The summed E-state index contributed by atoms with van der Waals surface area (Å²) in [6, 6.07) is 6.11. The molecule has 3 rings (SSSR count). The van der Waals surface area contributed by atoms with Crippen LogP contribution in [-0.2, 0) is 4.79 Å². The van der Waals surface area contributed by atoms with Crippen LogP contribution in [-0.4, -0.2) is 66.4 Å². The zero-order chi connectivity index (χ0) is 18.8. The number of rotatable bonds is 4. The second-order valence-electron chi connectivity index (χ2n) is 6.97. The SMILES string of the molecule is CCN=C1Nc2cc(N3CCN(C(C)C)CC3)ccc2C(=O)C1C(=O)O. The molecule has 0 aliphatic carbocycles. The van der Waals surface area contributed by atoms with E-state index in [9.17, 15) is 14.7 Å². The van der Waals surface area contributed by atoms with Crippen LogP contribution in [0.2, 0.25) is 0 Å². The van der Waals surface area contributed by atoms with Crippen LogP contribution in [0.15, 0.2) is 23.2 Å². The smallest absolute Gasteiger partial charge is 0.322 e. The molecule has 1 aromatic carbocycles. The van der Waals surface area contributed by atoms with Gasteiger partial charge in [0.15, 0.2) is 11.7 Å². The summed E-state index contributed by atoms with van der Waals surface area (Å²) in [6.45, 7) is 10.5. The maximum absolute atomic E-state index is 12.6. The molecular weight excluding hydrogens is 332 g/mol. The van der Waals surface area contributed by atoms with E-state index < -0.39 is 17.7 Å². The summed E-state index contributed by atoms with van der Waals surface area (Å²) in [4.78, 5) is 33.1. The van der Waals surface area contributed by atoms with Crippen LogP contribution in [0.4, 0.5) is 11.4 Å². The monoisotopic (exact) mass is 358 g/mol. The lowest BCUT2D eigenvalue weighted by molar-refractivity contribution is -0.137. The number of aliphatic carboxylic acids is 1. The standard InChI is InChI=1S/C19H26N4O3/c1-4-20-18-16(19(25)26)17(24)14-6-5-13(11-15(14)21-18)23-9-7-22(8-10-23)12(2)3/h5-6,11-12,16H,4,7-10H2,1-3H3,(H,20,21)(H,25,26). The van der Waals surface area contributed by atoms with Crippen molar-refractivity contribution in [1.29, 1.82) is 0 Å². The van der Waals surface area contributed by atoms with E-state index >= 15 is 0 Å². The average molecular weight is 358 g/mol. The van der Waals surface area contributed by atoms with Gasteiger partial charge >= 0.3 is 5.97 Å². The molecule has 0 saturated carbocycles. The number of fused-ring (bicyclic) bond motifs is 1. The number of carboxylic acid groups (broad SMARTS) is 1. The van der Waals surface area contributed by atoms with Gasteiger partial charge in [0.25, 0.3) is 0 Å². The molecule has 0 spiro atoms. The molecule has 0 bridgehead atoms. The van der Waals surface area contributed by atoms with Gasteiger partial charge in [-0.05, 0) is 39.0 Å². The van der Waals surface area contributed by atoms with Crippen molar-refractivity contribution < 1.29 is 14.7 Å². The number of anilines is 2. The molecule has 7 nitrogen and oxygen atoms in total. The van der Waals surface area contributed by atoms with E-state index in [1.807, 2.05) is 19.1 Å². The Morgan fingerprint density at radius 3 is 2.58 bits per heavy atom. The Morgan fingerprint density at radius 1 is 1.31 bits per heavy atom. The topological polar surface area (TPSA) is 85.2 Å². The number of benzene rings is 1. The van der Waals surface area contributed by atoms with Crippen molar-refractivity contribution in [2.45, 2.75) is 26.8 Å². The molecule has 2 heterocycles. The summed E-state index contributed by atoms with van der Waals surface area (Å²) in [7, 11) is 0. The summed E-state index contributed by atoms with van der Waals surface area (Å²) in [5, 5.41) is 12.5. The molecule has 26 heavy (non-hydrogen) atoms. The van der Waals surface area contributed by atoms with Crippen LogP contribution >= 0.6 is 0 Å². The Bertz CT molecular complexity index is 736. The number of piperazine rings is 1. The van der Waals surface area contributed by atoms with Gasteiger partial charge in [-0.15, -0.1) is 0 Å². The van der Waals surface area contributed by atoms with Gasteiger partial charge in [0, 0.05) is 50.0 Å². The van der Waals surface area contributed by atoms with Gasteiger partial charge in [-0.3, -0.25) is 19.5 Å². The Hall–Kier alpha value is -2.41. The van der Waals surface area contributed by atoms with Crippen molar-refractivity contribution in [2.75, 3.05) is 42.9 Å². The molecule has 1 atom stereocenters. The van der Waals surface area contributed by atoms with E-state index in [4.69, 9.17) is 0 Å². The summed E-state index contributed by atoms with van der Waals surface area (Å²) in [5.41, 5.74) is 2.09. The molecule has 7 heteroatoms. The van der Waals surface area contributed by atoms with Gasteiger partial charge in [-0.25, -0.2) is 0 Å². The Balaban J connectivity index is 1.85. The van der Waals surface area contributed by atoms with Crippen molar-refractivity contribution in [3.8, 4) is 0 Å². The Morgan fingerprint density at radius 2 is 2.00 bits per heavy atom. The van der Waals surface area contributed by atoms with Gasteiger partial charge in [0.1, 0.15) is 5.84 Å². The number of carbonyl (C=O) groups is 2. The number of hydrogen-bond donors (Lipinski definition) is 2. The number of nitrogens with one attached hydrogen (secondary N) is 1. The lowest BCUT2D eigenvalue weighted by Crippen LogP contribution is -2.49. The van der Waals surface area contributed by atoms with E-state index in [0.29, 0.717) is 23.8 Å². The maximum atomic E-state index is 12.6. The molecule has 2 N–H and O–H groups in total. The van der Waals surface area contributed by atoms with Crippen molar-refractivity contribution >= 4 is 29.0 Å². The Kier molecular flexibility index (Phi) is 5.27. The number of aliphatic imine (C=N–C) groups is 1. The molecule has 1 aromatic rings. The van der Waals surface area contributed by atoms with Gasteiger partial charge < -0.3 is 15.3 Å². The minimum absolute atomic E-state index is 0.222. The first-order chi connectivity index (χ1) is 12.4. The fraction of sp³-hybridized carbons (Fsp3) is 0.526. The Labute approximate surface area is 153 Å². The number of hydrogen-bond acceptors (Lipinski definition) is 5. The summed E-state index contributed by atoms with van der Waals surface area (Å²) in [6.07, 6.45) is 0. The van der Waals surface area contributed by atoms with Crippen LogP contribution in [0.3, 0.4) is 0 Å². The third-order valence-corrected chi connectivity index (χ3v) is 5.05. The van der Waals surface area contributed by atoms with Crippen LogP contribution in [0.25, 0.3) is 0 Å². The molecule has 1 saturated heterocycles. The van der Waals surface area contributed by atoms with Crippen molar-refractivity contribution in [3.05, 3.63) is 23.8 Å². The number of ketones is 1. The minimum atomic E-state index is -1.25. The first kappa shape index (κ1) is 18.4. The van der Waals surface area contributed by atoms with Gasteiger partial charge in [-0.1, -0.05) is 0 Å². The molecule has 1 unspecified atom stereocenters. The molecule has 0 aromatic heterocycles.